The van der Waals surface area contributed by atoms with Crippen molar-refractivity contribution in [2.45, 2.75) is 32.8 Å². The highest BCUT2D eigenvalue weighted by Gasteiger charge is 2.24. The maximum absolute atomic E-state index is 11.7. The third kappa shape index (κ3) is 5.23. The number of rotatable bonds is 3. The van der Waals surface area contributed by atoms with Crippen LogP contribution in [0.4, 0.5) is 10.5 Å². The lowest BCUT2D eigenvalue weighted by molar-refractivity contribution is 0.0520. The molecule has 2 rings (SSSR count). The summed E-state index contributed by atoms with van der Waals surface area (Å²) in [6, 6.07) is 8.35. The zero-order valence-electron chi connectivity index (χ0n) is 12.9. The number of amides is 1. The van der Waals surface area contributed by atoms with E-state index >= 15 is 0 Å². The molecule has 1 N–H and O–H groups in total. The Morgan fingerprint density at radius 2 is 2.05 bits per heavy atom. The molecule has 0 bridgehead atoms. The predicted molar refractivity (Wildman–Crippen MR) is 88.7 cm³/mol. The smallest absolute Gasteiger partial charge is 0.407 e. The molecule has 0 aliphatic carbocycles. The summed E-state index contributed by atoms with van der Waals surface area (Å²) < 4.78 is 6.34. The molecule has 0 aromatic heterocycles. The van der Waals surface area contributed by atoms with Crippen LogP contribution in [0.25, 0.3) is 0 Å². The van der Waals surface area contributed by atoms with Crippen LogP contribution in [-0.4, -0.2) is 31.3 Å². The number of anilines is 1. The molecule has 1 amide bonds. The number of ether oxygens (including phenoxy) is 1. The molecule has 1 saturated heterocycles. The molecule has 1 aromatic rings. The summed E-state index contributed by atoms with van der Waals surface area (Å²) in [5.41, 5.74) is 0.793. The number of carbonyl (C=O) groups excluding carboxylic acids is 1. The lowest BCUT2D eigenvalue weighted by Crippen LogP contribution is -2.36. The number of hydrogen-bond donors (Lipinski definition) is 1. The van der Waals surface area contributed by atoms with Crippen LogP contribution in [0.15, 0.2) is 28.7 Å². The van der Waals surface area contributed by atoms with Crippen LogP contribution in [0.5, 0.6) is 0 Å². The van der Waals surface area contributed by atoms with Crippen LogP contribution in [-0.2, 0) is 4.74 Å². The van der Waals surface area contributed by atoms with E-state index in [0.29, 0.717) is 12.5 Å². The van der Waals surface area contributed by atoms with Gasteiger partial charge < -0.3 is 15.0 Å². The van der Waals surface area contributed by atoms with Gasteiger partial charge in [-0.15, -0.1) is 0 Å². The number of nitrogens with zero attached hydrogens (tertiary/aromatic N) is 1. The number of halogens is 1. The van der Waals surface area contributed by atoms with Crippen molar-refractivity contribution in [3.8, 4) is 0 Å². The summed E-state index contributed by atoms with van der Waals surface area (Å²) in [5.74, 6) is 0.473. The van der Waals surface area contributed by atoms with Crippen molar-refractivity contribution < 1.29 is 9.53 Å². The fourth-order valence-electron chi connectivity index (χ4n) is 2.43. The topological polar surface area (TPSA) is 41.6 Å². The average Bonchev–Trinajstić information content (AvgIpc) is 2.84. The number of nitrogens with one attached hydrogen (secondary N) is 1. The second-order valence-corrected chi connectivity index (χ2v) is 7.38. The summed E-state index contributed by atoms with van der Waals surface area (Å²) in [6.07, 6.45) is 0.760. The van der Waals surface area contributed by atoms with Gasteiger partial charge in [0.25, 0.3) is 0 Å². The van der Waals surface area contributed by atoms with Crippen molar-refractivity contribution in [1.29, 1.82) is 0 Å². The summed E-state index contributed by atoms with van der Waals surface area (Å²) in [5, 5.41) is 2.87. The Hall–Kier alpha value is -1.23. The standard InChI is InChI=1S/C16H23BrN2O2/c1-16(2,3)21-15(20)18-10-12-8-9-19(11-12)14-6-4-13(17)5-7-14/h4-7,12H,8-11H2,1-3H3,(H,18,20). The van der Waals surface area contributed by atoms with Gasteiger partial charge in [-0.3, -0.25) is 0 Å². The number of alkyl carbamates (subject to hydrolysis) is 1. The molecule has 1 aliphatic rings. The lowest BCUT2D eigenvalue weighted by atomic mass is 10.1. The largest absolute Gasteiger partial charge is 0.444 e. The second-order valence-electron chi connectivity index (χ2n) is 6.46. The molecule has 1 atom stereocenters. The van der Waals surface area contributed by atoms with E-state index in [9.17, 15) is 4.79 Å². The third-order valence-corrected chi connectivity index (χ3v) is 3.94. The van der Waals surface area contributed by atoms with Gasteiger partial charge in [-0.25, -0.2) is 4.79 Å². The van der Waals surface area contributed by atoms with Gasteiger partial charge in [-0.2, -0.15) is 0 Å². The minimum atomic E-state index is -0.441. The monoisotopic (exact) mass is 354 g/mol. The Morgan fingerprint density at radius 3 is 2.67 bits per heavy atom. The fraction of sp³-hybridized carbons (Fsp3) is 0.562. The summed E-state index contributed by atoms with van der Waals surface area (Å²) in [4.78, 5) is 14.0. The molecule has 116 valence electrons. The van der Waals surface area contributed by atoms with Gasteiger partial charge >= 0.3 is 6.09 Å². The number of hydrogen-bond acceptors (Lipinski definition) is 3. The second kappa shape index (κ2) is 6.69. The van der Waals surface area contributed by atoms with Gasteiger partial charge in [0.2, 0.25) is 0 Å². The minimum Gasteiger partial charge on any atom is -0.444 e. The number of carbonyl (C=O) groups is 1. The van der Waals surface area contributed by atoms with E-state index in [4.69, 9.17) is 4.74 Å². The van der Waals surface area contributed by atoms with E-state index in [1.165, 1.54) is 5.69 Å². The Labute approximate surface area is 135 Å². The zero-order valence-corrected chi connectivity index (χ0v) is 14.4. The van der Waals surface area contributed by atoms with E-state index in [1.807, 2.05) is 20.8 Å². The molecule has 0 radical (unpaired) electrons. The first-order chi connectivity index (χ1) is 9.83. The normalized spacial score (nSPS) is 18.7. The van der Waals surface area contributed by atoms with E-state index in [0.717, 1.165) is 24.0 Å². The summed E-state index contributed by atoms with van der Waals surface area (Å²) in [6.45, 7) is 8.29. The molecule has 1 heterocycles. The van der Waals surface area contributed by atoms with Crippen molar-refractivity contribution in [2.75, 3.05) is 24.5 Å². The fourth-order valence-corrected chi connectivity index (χ4v) is 2.69. The molecule has 1 unspecified atom stereocenters. The Balaban J connectivity index is 1.78. The van der Waals surface area contributed by atoms with Crippen LogP contribution in [0.1, 0.15) is 27.2 Å². The summed E-state index contributed by atoms with van der Waals surface area (Å²) >= 11 is 3.45. The quantitative estimate of drug-likeness (QED) is 0.897. The van der Waals surface area contributed by atoms with Crippen molar-refractivity contribution in [3.05, 3.63) is 28.7 Å². The molecular weight excluding hydrogens is 332 g/mol. The van der Waals surface area contributed by atoms with Gasteiger partial charge in [0.1, 0.15) is 5.60 Å². The Bertz CT molecular complexity index is 482. The highest BCUT2D eigenvalue weighted by molar-refractivity contribution is 9.10. The molecule has 0 saturated carbocycles. The van der Waals surface area contributed by atoms with Crippen LogP contribution in [0, 0.1) is 5.92 Å². The first-order valence-electron chi connectivity index (χ1n) is 7.31. The van der Waals surface area contributed by atoms with Gasteiger partial charge in [0.15, 0.2) is 0 Å². The van der Waals surface area contributed by atoms with Gasteiger partial charge in [-0.1, -0.05) is 15.9 Å². The maximum Gasteiger partial charge on any atom is 0.407 e. The van der Waals surface area contributed by atoms with Crippen molar-refractivity contribution in [2.24, 2.45) is 5.92 Å². The Kier molecular flexibility index (Phi) is 5.14. The van der Waals surface area contributed by atoms with Crippen molar-refractivity contribution >= 4 is 27.7 Å². The van der Waals surface area contributed by atoms with E-state index in [2.05, 4.69) is 50.4 Å². The molecule has 21 heavy (non-hydrogen) atoms. The molecular formula is C16H23BrN2O2. The molecule has 4 nitrogen and oxygen atoms in total. The van der Waals surface area contributed by atoms with Gasteiger partial charge in [-0.05, 0) is 57.4 Å². The average molecular weight is 355 g/mol. The Morgan fingerprint density at radius 1 is 1.38 bits per heavy atom. The molecule has 1 aliphatic heterocycles. The third-order valence-electron chi connectivity index (χ3n) is 3.41. The van der Waals surface area contributed by atoms with Crippen molar-refractivity contribution in [1.82, 2.24) is 5.32 Å². The van der Waals surface area contributed by atoms with Crippen LogP contribution >= 0.6 is 15.9 Å². The lowest BCUT2D eigenvalue weighted by Gasteiger charge is -2.21. The van der Waals surface area contributed by atoms with Crippen LogP contribution in [0.3, 0.4) is 0 Å². The molecule has 0 spiro atoms. The van der Waals surface area contributed by atoms with Crippen molar-refractivity contribution in [3.63, 3.8) is 0 Å². The highest BCUT2D eigenvalue weighted by atomic mass is 79.9. The summed E-state index contributed by atoms with van der Waals surface area (Å²) in [7, 11) is 0. The predicted octanol–water partition coefficient (Wildman–Crippen LogP) is 3.80. The van der Waals surface area contributed by atoms with Crippen LogP contribution < -0.4 is 10.2 Å². The maximum atomic E-state index is 11.7. The molecule has 1 fully saturated rings. The first-order valence-corrected chi connectivity index (χ1v) is 8.10. The van der Waals surface area contributed by atoms with E-state index in [1.54, 1.807) is 0 Å². The highest BCUT2D eigenvalue weighted by Crippen LogP contribution is 2.25. The zero-order chi connectivity index (χ0) is 15.5. The SMILES string of the molecule is CC(C)(C)OC(=O)NCC1CCN(c2ccc(Br)cc2)C1. The van der Waals surface area contributed by atoms with E-state index in [-0.39, 0.29) is 6.09 Å². The van der Waals surface area contributed by atoms with Gasteiger partial charge in [0.05, 0.1) is 0 Å². The first kappa shape index (κ1) is 16.1. The minimum absolute atomic E-state index is 0.329. The molecule has 5 heteroatoms. The van der Waals surface area contributed by atoms with Gasteiger partial charge in [0, 0.05) is 29.8 Å². The number of benzene rings is 1. The molecule has 1 aromatic carbocycles. The van der Waals surface area contributed by atoms with Crippen LogP contribution in [0.2, 0.25) is 0 Å². The van der Waals surface area contributed by atoms with E-state index < -0.39 is 5.60 Å².